The molecule has 0 saturated carbocycles. The molecule has 2 aliphatic rings. The van der Waals surface area contributed by atoms with Gasteiger partial charge in [0, 0.05) is 30.7 Å². The van der Waals surface area contributed by atoms with Crippen LogP contribution in [-0.2, 0) is 30.6 Å². The average Bonchev–Trinajstić information content (AvgIpc) is 3.41. The van der Waals surface area contributed by atoms with Crippen LogP contribution in [0.1, 0.15) is 30.0 Å². The van der Waals surface area contributed by atoms with E-state index in [1.165, 1.54) is 12.3 Å². The number of hydroxylamine groups is 2. The molecule has 8 nitrogen and oxygen atoms in total. The van der Waals surface area contributed by atoms with E-state index in [0.29, 0.717) is 19.4 Å². The van der Waals surface area contributed by atoms with Gasteiger partial charge in [-0.1, -0.05) is 17.4 Å². The highest BCUT2D eigenvalue weighted by molar-refractivity contribution is 5.74. The average molecular weight is 388 g/mol. The second kappa shape index (κ2) is 8.32. The normalized spacial score (nSPS) is 27.4. The Balaban J connectivity index is 1.45. The van der Waals surface area contributed by atoms with Gasteiger partial charge in [-0.05, 0) is 29.8 Å². The van der Waals surface area contributed by atoms with E-state index in [0.717, 1.165) is 17.0 Å². The molecule has 2 aromatic rings. The number of hydrogen-bond donors (Lipinski definition) is 1. The Bertz CT molecular complexity index is 779. The van der Waals surface area contributed by atoms with E-state index < -0.39 is 18.4 Å². The smallest absolute Gasteiger partial charge is 0.337 e. The fourth-order valence-corrected chi connectivity index (χ4v) is 3.68. The summed E-state index contributed by atoms with van der Waals surface area (Å²) in [7, 11) is 2.99. The third-order valence-electron chi connectivity index (χ3n) is 5.17. The SMILES string of the molecule is COC(=O)C1CC2C(c3ccc[nH]3)CC(OCc3ccc(OC)cc3)ON2O1. The van der Waals surface area contributed by atoms with Crippen molar-refractivity contribution in [2.24, 2.45) is 0 Å². The molecule has 2 saturated heterocycles. The van der Waals surface area contributed by atoms with Crippen LogP contribution in [0.5, 0.6) is 5.75 Å². The van der Waals surface area contributed by atoms with Gasteiger partial charge in [-0.3, -0.25) is 4.84 Å². The predicted molar refractivity (Wildman–Crippen MR) is 97.9 cm³/mol. The van der Waals surface area contributed by atoms with Crippen LogP contribution in [0.25, 0.3) is 0 Å². The molecule has 0 spiro atoms. The molecule has 0 bridgehead atoms. The number of benzene rings is 1. The van der Waals surface area contributed by atoms with Crippen molar-refractivity contribution >= 4 is 5.97 Å². The summed E-state index contributed by atoms with van der Waals surface area (Å²) in [6.07, 6.45) is 1.86. The molecule has 2 aliphatic heterocycles. The highest BCUT2D eigenvalue weighted by Gasteiger charge is 2.49. The lowest BCUT2D eigenvalue weighted by molar-refractivity contribution is -0.437. The number of H-pyrrole nitrogens is 1. The van der Waals surface area contributed by atoms with Crippen molar-refractivity contribution in [2.45, 2.75) is 43.8 Å². The number of rotatable bonds is 6. The predicted octanol–water partition coefficient (Wildman–Crippen LogP) is 2.53. The van der Waals surface area contributed by atoms with Crippen LogP contribution in [0.2, 0.25) is 0 Å². The number of carbonyl (C=O) groups excluding carboxylic acids is 1. The molecule has 1 N–H and O–H groups in total. The van der Waals surface area contributed by atoms with Gasteiger partial charge in [-0.15, -0.1) is 0 Å². The number of fused-ring (bicyclic) bond motifs is 1. The lowest BCUT2D eigenvalue weighted by atomic mass is 9.89. The number of methoxy groups -OCH3 is 2. The molecule has 2 fully saturated rings. The Kier molecular flexibility index (Phi) is 5.63. The van der Waals surface area contributed by atoms with E-state index in [1.807, 2.05) is 42.6 Å². The minimum absolute atomic E-state index is 0.0827. The summed E-state index contributed by atoms with van der Waals surface area (Å²) < 4.78 is 16.0. The van der Waals surface area contributed by atoms with Crippen molar-refractivity contribution in [3.05, 3.63) is 53.9 Å². The Morgan fingerprint density at radius 1 is 1.18 bits per heavy atom. The molecule has 1 aromatic carbocycles. The number of carbonyl (C=O) groups is 1. The molecule has 28 heavy (non-hydrogen) atoms. The fraction of sp³-hybridized carbons (Fsp3) is 0.450. The summed E-state index contributed by atoms with van der Waals surface area (Å²) in [5, 5.41) is 1.41. The molecule has 8 heteroatoms. The first-order valence-electron chi connectivity index (χ1n) is 9.26. The van der Waals surface area contributed by atoms with Crippen molar-refractivity contribution in [3.63, 3.8) is 0 Å². The number of ether oxygens (including phenoxy) is 3. The Labute approximate surface area is 163 Å². The molecular weight excluding hydrogens is 364 g/mol. The minimum atomic E-state index is -0.673. The van der Waals surface area contributed by atoms with Crippen LogP contribution >= 0.6 is 0 Å². The van der Waals surface area contributed by atoms with Crippen molar-refractivity contribution in [3.8, 4) is 5.75 Å². The van der Waals surface area contributed by atoms with Crippen molar-refractivity contribution in [1.29, 1.82) is 0 Å². The van der Waals surface area contributed by atoms with E-state index in [2.05, 4.69) is 4.98 Å². The summed E-state index contributed by atoms with van der Waals surface area (Å²) in [6, 6.07) is 11.6. The monoisotopic (exact) mass is 388 g/mol. The zero-order chi connectivity index (χ0) is 19.5. The third-order valence-corrected chi connectivity index (χ3v) is 5.17. The largest absolute Gasteiger partial charge is 0.497 e. The molecule has 3 heterocycles. The summed E-state index contributed by atoms with van der Waals surface area (Å²) in [4.78, 5) is 26.7. The standard InChI is InChI=1S/C20H24N2O6/c1-24-14-7-5-13(6-8-14)12-26-19-10-15(16-4-3-9-21-16)17-11-18(20(23)25-2)27-22(17)28-19/h3-9,15,17-19,21H,10-12H2,1-2H3. The van der Waals surface area contributed by atoms with Crippen molar-refractivity contribution in [2.75, 3.05) is 14.2 Å². The number of hydrogen-bond acceptors (Lipinski definition) is 7. The second-order valence-corrected chi connectivity index (χ2v) is 6.87. The Hall–Kier alpha value is -2.39. The first-order chi connectivity index (χ1) is 13.7. The maximum absolute atomic E-state index is 11.9. The fourth-order valence-electron chi connectivity index (χ4n) is 3.68. The molecule has 150 valence electrons. The van der Waals surface area contributed by atoms with Crippen LogP contribution in [-0.4, -0.2) is 48.8 Å². The van der Waals surface area contributed by atoms with Gasteiger partial charge in [0.2, 0.25) is 0 Å². The van der Waals surface area contributed by atoms with Gasteiger partial charge in [-0.25, -0.2) is 9.63 Å². The lowest BCUT2D eigenvalue weighted by Crippen LogP contribution is -2.44. The summed E-state index contributed by atoms with van der Waals surface area (Å²) in [5.74, 6) is 0.477. The van der Waals surface area contributed by atoms with Gasteiger partial charge < -0.3 is 19.2 Å². The number of aromatic nitrogens is 1. The molecule has 0 aliphatic carbocycles. The molecule has 4 rings (SSSR count). The first kappa shape index (κ1) is 18.9. The molecule has 1 aromatic heterocycles. The van der Waals surface area contributed by atoms with Crippen LogP contribution in [0, 0.1) is 0 Å². The lowest BCUT2D eigenvalue weighted by Gasteiger charge is -2.37. The molecule has 4 atom stereocenters. The number of aromatic amines is 1. The highest BCUT2D eigenvalue weighted by atomic mass is 17.0. The van der Waals surface area contributed by atoms with Gasteiger partial charge in [0.1, 0.15) is 5.75 Å². The van der Waals surface area contributed by atoms with E-state index in [4.69, 9.17) is 23.9 Å². The Morgan fingerprint density at radius 2 is 2.00 bits per heavy atom. The van der Waals surface area contributed by atoms with Gasteiger partial charge in [0.15, 0.2) is 12.4 Å². The quantitative estimate of drug-likeness (QED) is 0.762. The van der Waals surface area contributed by atoms with Gasteiger partial charge in [0.05, 0.1) is 26.9 Å². The second-order valence-electron chi connectivity index (χ2n) is 6.87. The maximum Gasteiger partial charge on any atom is 0.337 e. The highest BCUT2D eigenvalue weighted by Crippen LogP contribution is 2.41. The van der Waals surface area contributed by atoms with Gasteiger partial charge >= 0.3 is 5.97 Å². The number of esters is 1. The Morgan fingerprint density at radius 3 is 2.68 bits per heavy atom. The molecule has 0 radical (unpaired) electrons. The van der Waals surface area contributed by atoms with Gasteiger partial charge in [0.25, 0.3) is 0 Å². The van der Waals surface area contributed by atoms with Crippen LogP contribution in [0.4, 0.5) is 0 Å². The van der Waals surface area contributed by atoms with Gasteiger partial charge in [-0.2, -0.15) is 0 Å². The van der Waals surface area contributed by atoms with E-state index in [-0.39, 0.29) is 12.0 Å². The molecule has 0 amide bonds. The topological polar surface area (TPSA) is 82.3 Å². The molecular formula is C20H24N2O6. The number of nitrogens with one attached hydrogen (secondary N) is 1. The van der Waals surface area contributed by atoms with Crippen LogP contribution in [0.15, 0.2) is 42.6 Å². The third kappa shape index (κ3) is 3.90. The zero-order valence-electron chi connectivity index (χ0n) is 15.9. The van der Waals surface area contributed by atoms with Crippen molar-refractivity contribution in [1.82, 2.24) is 10.2 Å². The zero-order valence-corrected chi connectivity index (χ0v) is 15.9. The first-order valence-corrected chi connectivity index (χ1v) is 9.26. The maximum atomic E-state index is 11.9. The minimum Gasteiger partial charge on any atom is -0.497 e. The number of nitrogens with zero attached hydrogens (tertiary/aromatic N) is 1. The van der Waals surface area contributed by atoms with E-state index in [9.17, 15) is 4.79 Å². The van der Waals surface area contributed by atoms with Crippen molar-refractivity contribution < 1.29 is 28.7 Å². The van der Waals surface area contributed by atoms with E-state index in [1.54, 1.807) is 7.11 Å². The molecule has 4 unspecified atom stereocenters. The van der Waals surface area contributed by atoms with E-state index >= 15 is 0 Å². The van der Waals surface area contributed by atoms with Crippen LogP contribution < -0.4 is 4.74 Å². The van der Waals surface area contributed by atoms with Crippen LogP contribution in [0.3, 0.4) is 0 Å². The summed E-state index contributed by atoms with van der Waals surface area (Å²) in [6.45, 7) is 0.394. The summed E-state index contributed by atoms with van der Waals surface area (Å²) >= 11 is 0. The summed E-state index contributed by atoms with van der Waals surface area (Å²) in [5.41, 5.74) is 2.07.